The summed E-state index contributed by atoms with van der Waals surface area (Å²) in [7, 11) is 0. The molecule has 0 heterocycles. The number of unbranched alkanes of at least 4 members (excludes halogenated alkanes) is 5. The van der Waals surface area contributed by atoms with Crippen LogP contribution in [0.2, 0.25) is 0 Å². The zero-order valence-electron chi connectivity index (χ0n) is 10.8. The highest BCUT2D eigenvalue weighted by Gasteiger charge is 1.90. The van der Waals surface area contributed by atoms with Crippen molar-refractivity contribution in [3.8, 4) is 0 Å². The number of hydrogen-bond acceptors (Lipinski definition) is 2. The number of amides is 1. The molecule has 0 aromatic carbocycles. The van der Waals surface area contributed by atoms with Crippen LogP contribution in [0.4, 0.5) is 0 Å². The van der Waals surface area contributed by atoms with E-state index in [-0.39, 0.29) is 12.5 Å². The number of carbonyl (C=O) groups excluding carboxylic acids is 1. The van der Waals surface area contributed by atoms with Crippen molar-refractivity contribution >= 4 is 5.91 Å². The number of allylic oxidation sites excluding steroid dienone is 3. The fraction of sp³-hybridized carbons (Fsp3) is 0.643. The second-order valence-corrected chi connectivity index (χ2v) is 4.00. The molecule has 0 aliphatic rings. The maximum Gasteiger partial charge on any atom is 0.244 e. The molecule has 98 valence electrons. The Labute approximate surface area is 105 Å². The van der Waals surface area contributed by atoms with Crippen LogP contribution >= 0.6 is 0 Å². The van der Waals surface area contributed by atoms with Gasteiger partial charge in [0.1, 0.15) is 0 Å². The minimum Gasteiger partial charge on any atom is -0.395 e. The number of aliphatic hydroxyl groups is 1. The fourth-order valence-corrected chi connectivity index (χ4v) is 1.42. The van der Waals surface area contributed by atoms with Gasteiger partial charge in [0.15, 0.2) is 0 Å². The minimum absolute atomic E-state index is 0.0207. The lowest BCUT2D eigenvalue weighted by molar-refractivity contribution is -0.116. The van der Waals surface area contributed by atoms with Crippen LogP contribution in [0.15, 0.2) is 24.3 Å². The first kappa shape index (κ1) is 15.9. The Bertz CT molecular complexity index is 234. The number of aliphatic hydroxyl groups excluding tert-OH is 1. The topological polar surface area (TPSA) is 49.3 Å². The molecule has 3 heteroatoms. The van der Waals surface area contributed by atoms with Gasteiger partial charge in [0.2, 0.25) is 5.91 Å². The Balaban J connectivity index is 3.39. The van der Waals surface area contributed by atoms with Gasteiger partial charge in [-0.1, -0.05) is 50.8 Å². The molecule has 0 saturated carbocycles. The average Bonchev–Trinajstić information content (AvgIpc) is 2.34. The van der Waals surface area contributed by atoms with Crippen LogP contribution in [0.3, 0.4) is 0 Å². The Morgan fingerprint density at radius 3 is 2.65 bits per heavy atom. The number of rotatable bonds is 10. The molecule has 0 bridgehead atoms. The van der Waals surface area contributed by atoms with Gasteiger partial charge in [-0.25, -0.2) is 0 Å². The molecule has 0 aromatic heterocycles. The summed E-state index contributed by atoms with van der Waals surface area (Å²) in [4.78, 5) is 11.1. The predicted molar refractivity (Wildman–Crippen MR) is 71.8 cm³/mol. The Morgan fingerprint density at radius 1 is 1.18 bits per heavy atom. The Kier molecular flexibility index (Phi) is 12.1. The molecule has 0 spiro atoms. The monoisotopic (exact) mass is 239 g/mol. The van der Waals surface area contributed by atoms with Gasteiger partial charge >= 0.3 is 0 Å². The van der Waals surface area contributed by atoms with Gasteiger partial charge in [-0.3, -0.25) is 4.79 Å². The second-order valence-electron chi connectivity index (χ2n) is 4.00. The molecule has 0 fully saturated rings. The van der Waals surface area contributed by atoms with Crippen molar-refractivity contribution in [1.29, 1.82) is 0 Å². The summed E-state index contributed by atoms with van der Waals surface area (Å²) in [5.41, 5.74) is 0. The van der Waals surface area contributed by atoms with E-state index in [4.69, 9.17) is 5.11 Å². The third-order valence-electron chi connectivity index (χ3n) is 2.38. The quantitative estimate of drug-likeness (QED) is 0.350. The first-order valence-corrected chi connectivity index (χ1v) is 6.53. The first-order chi connectivity index (χ1) is 8.31. The molecular weight excluding hydrogens is 214 g/mol. The van der Waals surface area contributed by atoms with Crippen molar-refractivity contribution in [2.45, 2.75) is 45.4 Å². The van der Waals surface area contributed by atoms with Crippen LogP contribution in [0.5, 0.6) is 0 Å². The first-order valence-electron chi connectivity index (χ1n) is 6.53. The van der Waals surface area contributed by atoms with Crippen LogP contribution in [-0.2, 0) is 4.79 Å². The average molecular weight is 239 g/mol. The van der Waals surface area contributed by atoms with Crippen LogP contribution in [-0.4, -0.2) is 24.2 Å². The molecule has 0 unspecified atom stereocenters. The molecule has 0 atom stereocenters. The largest absolute Gasteiger partial charge is 0.395 e. The third kappa shape index (κ3) is 12.8. The van der Waals surface area contributed by atoms with Crippen LogP contribution in [0, 0.1) is 0 Å². The third-order valence-corrected chi connectivity index (χ3v) is 2.38. The van der Waals surface area contributed by atoms with Crippen molar-refractivity contribution in [3.05, 3.63) is 24.3 Å². The predicted octanol–water partition coefficient (Wildman–Crippen LogP) is 2.57. The smallest absolute Gasteiger partial charge is 0.244 e. The number of nitrogens with one attached hydrogen (secondary N) is 1. The lowest BCUT2D eigenvalue weighted by Gasteiger charge is -1.96. The van der Waals surface area contributed by atoms with Crippen molar-refractivity contribution < 1.29 is 9.90 Å². The van der Waals surface area contributed by atoms with Gasteiger partial charge in [0.05, 0.1) is 6.61 Å². The van der Waals surface area contributed by atoms with E-state index in [9.17, 15) is 4.79 Å². The van der Waals surface area contributed by atoms with Gasteiger partial charge in [0.25, 0.3) is 0 Å². The standard InChI is InChI=1S/C14H25NO2/c1-2-3-4-5-6-7-8-9-10-11-14(17)15-12-13-16/h8-11,16H,2-7,12-13H2,1H3,(H,15,17). The minimum atomic E-state index is -0.161. The van der Waals surface area contributed by atoms with Crippen LogP contribution in [0.25, 0.3) is 0 Å². The lowest BCUT2D eigenvalue weighted by atomic mass is 10.1. The molecule has 0 saturated heterocycles. The fourth-order valence-electron chi connectivity index (χ4n) is 1.42. The summed E-state index contributed by atoms with van der Waals surface area (Å²) >= 11 is 0. The Hall–Kier alpha value is -1.09. The van der Waals surface area contributed by atoms with Crippen molar-refractivity contribution in [2.24, 2.45) is 0 Å². The van der Waals surface area contributed by atoms with E-state index in [0.717, 1.165) is 6.42 Å². The maximum atomic E-state index is 11.1. The van der Waals surface area contributed by atoms with Crippen LogP contribution < -0.4 is 5.32 Å². The Morgan fingerprint density at radius 2 is 1.94 bits per heavy atom. The second kappa shape index (κ2) is 13.0. The van der Waals surface area contributed by atoms with Gasteiger partial charge in [-0.2, -0.15) is 0 Å². The summed E-state index contributed by atoms with van der Waals surface area (Å²) in [5, 5.41) is 11.0. The zero-order valence-corrected chi connectivity index (χ0v) is 10.8. The van der Waals surface area contributed by atoms with Crippen LogP contribution in [0.1, 0.15) is 45.4 Å². The van der Waals surface area contributed by atoms with Gasteiger partial charge in [0, 0.05) is 12.6 Å². The summed E-state index contributed by atoms with van der Waals surface area (Å²) in [6.45, 7) is 2.50. The summed E-state index contributed by atoms with van der Waals surface area (Å²) in [6.07, 6.45) is 14.7. The summed E-state index contributed by atoms with van der Waals surface area (Å²) in [6, 6.07) is 0. The highest BCUT2D eigenvalue weighted by molar-refractivity contribution is 5.87. The molecule has 17 heavy (non-hydrogen) atoms. The molecule has 0 rings (SSSR count). The van der Waals surface area contributed by atoms with E-state index in [0.29, 0.717) is 6.54 Å². The molecule has 0 aliphatic carbocycles. The number of carbonyl (C=O) groups is 1. The van der Waals surface area contributed by atoms with Crippen molar-refractivity contribution in [1.82, 2.24) is 5.32 Å². The van der Waals surface area contributed by atoms with Crippen molar-refractivity contribution in [3.63, 3.8) is 0 Å². The normalized spacial score (nSPS) is 11.4. The SMILES string of the molecule is CCCCCCCC=CC=CC(=O)NCCO. The molecule has 0 aromatic rings. The molecule has 1 amide bonds. The zero-order chi connectivity index (χ0) is 12.8. The molecule has 0 radical (unpaired) electrons. The summed E-state index contributed by atoms with van der Waals surface area (Å²) in [5.74, 6) is -0.161. The highest BCUT2D eigenvalue weighted by Crippen LogP contribution is 2.05. The molecule has 0 aliphatic heterocycles. The van der Waals surface area contributed by atoms with E-state index < -0.39 is 0 Å². The van der Waals surface area contributed by atoms with Gasteiger partial charge < -0.3 is 10.4 Å². The van der Waals surface area contributed by atoms with Crippen molar-refractivity contribution in [2.75, 3.05) is 13.2 Å². The summed E-state index contributed by atoms with van der Waals surface area (Å²) < 4.78 is 0. The number of hydrogen-bond donors (Lipinski definition) is 2. The van der Waals surface area contributed by atoms with E-state index in [1.165, 1.54) is 38.2 Å². The lowest BCUT2D eigenvalue weighted by Crippen LogP contribution is -2.24. The molecule has 2 N–H and O–H groups in total. The van der Waals surface area contributed by atoms with E-state index in [2.05, 4.69) is 18.3 Å². The highest BCUT2D eigenvalue weighted by atomic mass is 16.3. The molecular formula is C14H25NO2. The maximum absolute atomic E-state index is 11.1. The van der Waals surface area contributed by atoms with E-state index in [1.54, 1.807) is 6.08 Å². The van der Waals surface area contributed by atoms with Gasteiger partial charge in [-0.15, -0.1) is 0 Å². The van der Waals surface area contributed by atoms with E-state index in [1.807, 2.05) is 6.08 Å². The van der Waals surface area contributed by atoms with E-state index >= 15 is 0 Å². The van der Waals surface area contributed by atoms with Gasteiger partial charge in [-0.05, 0) is 12.8 Å². The molecule has 3 nitrogen and oxygen atoms in total.